The molecule has 1 aliphatic rings. The quantitative estimate of drug-likeness (QED) is 0.638. The number of nitrogens with one attached hydrogen (secondary N) is 1. The van der Waals surface area contributed by atoms with Gasteiger partial charge in [0.05, 0.1) is 0 Å². The fourth-order valence-corrected chi connectivity index (χ4v) is 1.60. The molecule has 0 saturated carbocycles. The topological polar surface area (TPSA) is 12.0 Å². The van der Waals surface area contributed by atoms with Crippen molar-refractivity contribution in [3.05, 3.63) is 35.9 Å². The minimum absolute atomic E-state index is 0.601. The van der Waals surface area contributed by atoms with Crippen LogP contribution in [0, 0.1) is 6.07 Å². The average Bonchev–Trinajstić information content (AvgIpc) is 2.58. The first-order valence-electron chi connectivity index (χ1n) is 4.16. The third-order valence-electron chi connectivity index (χ3n) is 2.21. The molecule has 0 bridgehead atoms. The molecule has 1 nitrogen and oxygen atoms in total. The zero-order chi connectivity index (χ0) is 7.52. The number of benzene rings is 1. The van der Waals surface area contributed by atoms with E-state index in [2.05, 4.69) is 23.5 Å². The van der Waals surface area contributed by atoms with Crippen LogP contribution in [-0.2, 0) is 0 Å². The lowest BCUT2D eigenvalue weighted by atomic mass is 10.1. The van der Waals surface area contributed by atoms with Crippen molar-refractivity contribution in [2.24, 2.45) is 0 Å². The van der Waals surface area contributed by atoms with E-state index in [1.165, 1.54) is 24.9 Å². The first-order valence-corrected chi connectivity index (χ1v) is 4.16. The van der Waals surface area contributed by atoms with Crippen molar-refractivity contribution in [1.82, 2.24) is 5.32 Å². The lowest BCUT2D eigenvalue weighted by Gasteiger charge is -2.08. The summed E-state index contributed by atoms with van der Waals surface area (Å²) in [6, 6.07) is 11.9. The van der Waals surface area contributed by atoms with Gasteiger partial charge in [-0.2, -0.15) is 0 Å². The molecule has 1 aliphatic heterocycles. The monoisotopic (exact) mass is 146 g/mol. The predicted octanol–water partition coefficient (Wildman–Crippen LogP) is 1.91. The van der Waals surface area contributed by atoms with E-state index in [0.29, 0.717) is 6.04 Å². The molecule has 1 aromatic rings. The molecule has 0 aliphatic carbocycles. The molecule has 0 unspecified atom stereocenters. The standard InChI is InChI=1S/C10H12N/c1-2-5-9(6-3-1)10-7-4-8-11-10/h2-3,5-6,10-11H,4,7-8H2/t10-/m1/s1. The Hall–Kier alpha value is -0.820. The Morgan fingerprint density at radius 3 is 2.82 bits per heavy atom. The summed E-state index contributed by atoms with van der Waals surface area (Å²) in [7, 11) is 0. The van der Waals surface area contributed by atoms with E-state index in [0.717, 1.165) is 0 Å². The summed E-state index contributed by atoms with van der Waals surface area (Å²) in [6.07, 6.45) is 2.59. The Labute approximate surface area is 67.4 Å². The van der Waals surface area contributed by atoms with E-state index in [-0.39, 0.29) is 0 Å². The smallest absolute Gasteiger partial charge is 0.0320 e. The van der Waals surface area contributed by atoms with Crippen molar-refractivity contribution in [3.63, 3.8) is 0 Å². The minimum atomic E-state index is 0.601. The van der Waals surface area contributed by atoms with Crippen molar-refractivity contribution in [2.45, 2.75) is 18.9 Å². The molecule has 0 amide bonds. The van der Waals surface area contributed by atoms with Crippen LogP contribution >= 0.6 is 0 Å². The summed E-state index contributed by atoms with van der Waals surface area (Å²) >= 11 is 0. The zero-order valence-electron chi connectivity index (χ0n) is 6.51. The third-order valence-corrected chi connectivity index (χ3v) is 2.21. The fourth-order valence-electron chi connectivity index (χ4n) is 1.60. The van der Waals surface area contributed by atoms with Crippen molar-refractivity contribution < 1.29 is 0 Å². The Balaban J connectivity index is 2.16. The molecule has 1 heterocycles. The molecule has 2 rings (SSSR count). The highest BCUT2D eigenvalue weighted by molar-refractivity contribution is 5.18. The minimum Gasteiger partial charge on any atom is -0.310 e. The van der Waals surface area contributed by atoms with E-state index in [1.807, 2.05) is 12.1 Å². The number of rotatable bonds is 1. The average molecular weight is 146 g/mol. The summed E-state index contributed by atoms with van der Waals surface area (Å²) in [5.74, 6) is 0. The summed E-state index contributed by atoms with van der Waals surface area (Å²) in [6.45, 7) is 1.17. The Morgan fingerprint density at radius 1 is 1.36 bits per heavy atom. The van der Waals surface area contributed by atoms with Crippen molar-refractivity contribution in [2.75, 3.05) is 6.54 Å². The summed E-state index contributed by atoms with van der Waals surface area (Å²) in [5, 5.41) is 3.46. The van der Waals surface area contributed by atoms with Crippen LogP contribution in [0.15, 0.2) is 24.3 Å². The lowest BCUT2D eigenvalue weighted by Crippen LogP contribution is -2.12. The second-order valence-electron chi connectivity index (χ2n) is 2.98. The van der Waals surface area contributed by atoms with Crippen LogP contribution in [0.1, 0.15) is 24.4 Å². The molecule has 0 spiro atoms. The van der Waals surface area contributed by atoms with Gasteiger partial charge in [0.2, 0.25) is 0 Å². The molecule has 1 aromatic carbocycles. The lowest BCUT2D eigenvalue weighted by molar-refractivity contribution is 0.648. The molecule has 11 heavy (non-hydrogen) atoms. The van der Waals surface area contributed by atoms with Crippen LogP contribution in [-0.4, -0.2) is 6.54 Å². The second-order valence-corrected chi connectivity index (χ2v) is 2.98. The van der Waals surface area contributed by atoms with Gasteiger partial charge in [0.1, 0.15) is 0 Å². The van der Waals surface area contributed by atoms with Gasteiger partial charge >= 0.3 is 0 Å². The first-order chi connectivity index (χ1) is 5.47. The number of hydrogen-bond acceptors (Lipinski definition) is 1. The van der Waals surface area contributed by atoms with Gasteiger partial charge in [0.15, 0.2) is 0 Å². The highest BCUT2D eigenvalue weighted by Crippen LogP contribution is 2.21. The van der Waals surface area contributed by atoms with Crippen molar-refractivity contribution in [1.29, 1.82) is 0 Å². The maximum atomic E-state index is 3.46. The van der Waals surface area contributed by atoms with Crippen LogP contribution in [0.2, 0.25) is 0 Å². The molecule has 1 atom stereocenters. The maximum absolute atomic E-state index is 3.46. The fraction of sp³-hybridized carbons (Fsp3) is 0.400. The molecular formula is C10H12N. The molecule has 0 aromatic heterocycles. The highest BCUT2D eigenvalue weighted by Gasteiger charge is 2.14. The molecule has 1 saturated heterocycles. The van der Waals surface area contributed by atoms with Crippen molar-refractivity contribution >= 4 is 0 Å². The maximum Gasteiger partial charge on any atom is 0.0320 e. The predicted molar refractivity (Wildman–Crippen MR) is 45.3 cm³/mol. The van der Waals surface area contributed by atoms with Crippen LogP contribution < -0.4 is 5.32 Å². The summed E-state index contributed by atoms with van der Waals surface area (Å²) in [5.41, 5.74) is 1.40. The Bertz CT molecular complexity index is 212. The Kier molecular flexibility index (Phi) is 1.91. The molecule has 1 N–H and O–H groups in total. The van der Waals surface area contributed by atoms with Crippen LogP contribution in [0.4, 0.5) is 0 Å². The molecular weight excluding hydrogens is 134 g/mol. The zero-order valence-corrected chi connectivity index (χ0v) is 6.51. The Morgan fingerprint density at radius 2 is 2.18 bits per heavy atom. The van der Waals surface area contributed by atoms with Gasteiger partial charge in [-0.3, -0.25) is 0 Å². The van der Waals surface area contributed by atoms with Gasteiger partial charge in [0.25, 0.3) is 0 Å². The molecule has 57 valence electrons. The van der Waals surface area contributed by atoms with Crippen LogP contribution in [0.3, 0.4) is 0 Å². The van der Waals surface area contributed by atoms with Crippen LogP contribution in [0.25, 0.3) is 0 Å². The normalized spacial score (nSPS) is 23.8. The van der Waals surface area contributed by atoms with Crippen molar-refractivity contribution in [3.8, 4) is 0 Å². The van der Waals surface area contributed by atoms with E-state index in [4.69, 9.17) is 0 Å². The van der Waals surface area contributed by atoms with Gasteiger partial charge in [-0.1, -0.05) is 24.3 Å². The van der Waals surface area contributed by atoms with E-state index < -0.39 is 0 Å². The highest BCUT2D eigenvalue weighted by atomic mass is 14.9. The molecule has 1 heteroatoms. The van der Waals surface area contributed by atoms with E-state index >= 15 is 0 Å². The third kappa shape index (κ3) is 1.43. The van der Waals surface area contributed by atoms with Gasteiger partial charge < -0.3 is 5.32 Å². The summed E-state index contributed by atoms with van der Waals surface area (Å²) < 4.78 is 0. The van der Waals surface area contributed by atoms with Gasteiger partial charge in [-0.15, -0.1) is 0 Å². The molecule has 1 fully saturated rings. The van der Waals surface area contributed by atoms with Gasteiger partial charge in [-0.25, -0.2) is 0 Å². The molecule has 1 radical (unpaired) electrons. The number of hydrogen-bond donors (Lipinski definition) is 1. The van der Waals surface area contributed by atoms with Crippen LogP contribution in [0.5, 0.6) is 0 Å². The van der Waals surface area contributed by atoms with E-state index in [1.54, 1.807) is 0 Å². The SMILES string of the molecule is [c]1ccc([C@H]2CCCN2)cc1. The van der Waals surface area contributed by atoms with E-state index in [9.17, 15) is 0 Å². The largest absolute Gasteiger partial charge is 0.310 e. The van der Waals surface area contributed by atoms with Gasteiger partial charge in [-0.05, 0) is 31.0 Å². The first kappa shape index (κ1) is 6.86. The summed E-state index contributed by atoms with van der Waals surface area (Å²) in [4.78, 5) is 0. The van der Waals surface area contributed by atoms with Gasteiger partial charge in [0, 0.05) is 6.04 Å². The second kappa shape index (κ2) is 3.05.